The molecular weight excluding hydrogens is 212 g/mol. The molecule has 1 heterocycles. The molecule has 15 heavy (non-hydrogen) atoms. The first kappa shape index (κ1) is 12.8. The Morgan fingerprint density at radius 1 is 1.47 bits per heavy atom. The Morgan fingerprint density at radius 3 is 2.60 bits per heavy atom. The predicted octanol–water partition coefficient (Wildman–Crippen LogP) is 0.142. The number of thiol groups is 1. The SMILES string of the molecule is CC(CN1CCOCC1)NC(=O)C(C)S. The van der Waals surface area contributed by atoms with E-state index < -0.39 is 0 Å². The molecule has 0 aromatic rings. The van der Waals surface area contributed by atoms with Crippen molar-refractivity contribution >= 4 is 18.5 Å². The molecule has 0 aliphatic carbocycles. The fourth-order valence-corrected chi connectivity index (χ4v) is 1.65. The topological polar surface area (TPSA) is 41.6 Å². The molecule has 1 amide bonds. The average Bonchev–Trinajstić information content (AvgIpc) is 2.18. The van der Waals surface area contributed by atoms with Crippen LogP contribution in [0.25, 0.3) is 0 Å². The van der Waals surface area contributed by atoms with Gasteiger partial charge >= 0.3 is 0 Å². The highest BCUT2D eigenvalue weighted by atomic mass is 32.1. The molecule has 1 aliphatic heterocycles. The number of amides is 1. The second-order valence-corrected chi connectivity index (χ2v) is 4.77. The van der Waals surface area contributed by atoms with Crippen LogP contribution in [0.2, 0.25) is 0 Å². The number of hydrogen-bond acceptors (Lipinski definition) is 4. The Hall–Kier alpha value is -0.260. The minimum Gasteiger partial charge on any atom is -0.379 e. The predicted molar refractivity (Wildman–Crippen MR) is 63.3 cm³/mol. The Labute approximate surface area is 96.8 Å². The van der Waals surface area contributed by atoms with Crippen molar-refractivity contribution in [1.82, 2.24) is 10.2 Å². The first-order chi connectivity index (χ1) is 7.09. The third-order valence-corrected chi connectivity index (χ3v) is 2.64. The Morgan fingerprint density at radius 2 is 2.07 bits per heavy atom. The largest absolute Gasteiger partial charge is 0.379 e. The molecule has 2 atom stereocenters. The number of rotatable bonds is 4. The fraction of sp³-hybridized carbons (Fsp3) is 0.900. The van der Waals surface area contributed by atoms with Crippen LogP contribution >= 0.6 is 12.6 Å². The molecule has 2 unspecified atom stereocenters. The number of carbonyl (C=O) groups is 1. The molecule has 0 bridgehead atoms. The lowest BCUT2D eigenvalue weighted by Crippen LogP contribution is -2.47. The monoisotopic (exact) mass is 232 g/mol. The van der Waals surface area contributed by atoms with Crippen molar-refractivity contribution in [3.8, 4) is 0 Å². The molecular formula is C10H20N2O2S. The summed E-state index contributed by atoms with van der Waals surface area (Å²) in [4.78, 5) is 13.7. The second-order valence-electron chi connectivity index (χ2n) is 4.00. The van der Waals surface area contributed by atoms with E-state index in [1.807, 2.05) is 6.92 Å². The summed E-state index contributed by atoms with van der Waals surface area (Å²) in [5.74, 6) is -0.000840. The van der Waals surface area contributed by atoms with Crippen LogP contribution in [0, 0.1) is 0 Å². The molecule has 1 rings (SSSR count). The zero-order valence-corrected chi connectivity index (χ0v) is 10.3. The summed E-state index contributed by atoms with van der Waals surface area (Å²) >= 11 is 4.09. The second kappa shape index (κ2) is 6.35. The van der Waals surface area contributed by atoms with Gasteiger partial charge in [-0.15, -0.1) is 0 Å². The quantitative estimate of drug-likeness (QED) is 0.678. The summed E-state index contributed by atoms with van der Waals surface area (Å²) in [5, 5.41) is 2.69. The van der Waals surface area contributed by atoms with Gasteiger partial charge < -0.3 is 10.1 Å². The highest BCUT2D eigenvalue weighted by Crippen LogP contribution is 1.99. The lowest BCUT2D eigenvalue weighted by Gasteiger charge is -2.29. The molecule has 1 saturated heterocycles. The minimum absolute atomic E-state index is 0.000840. The van der Waals surface area contributed by atoms with Gasteiger partial charge in [0.05, 0.1) is 18.5 Å². The maximum Gasteiger partial charge on any atom is 0.232 e. The molecule has 4 nitrogen and oxygen atoms in total. The standard InChI is InChI=1S/C10H20N2O2S/c1-8(11-10(13)9(2)15)7-12-3-5-14-6-4-12/h8-9,15H,3-7H2,1-2H3,(H,11,13). The van der Waals surface area contributed by atoms with Crippen LogP contribution in [0.4, 0.5) is 0 Å². The number of ether oxygens (including phenoxy) is 1. The zero-order valence-electron chi connectivity index (χ0n) is 9.40. The van der Waals surface area contributed by atoms with Gasteiger partial charge in [0.15, 0.2) is 0 Å². The van der Waals surface area contributed by atoms with E-state index in [1.54, 1.807) is 6.92 Å². The van der Waals surface area contributed by atoms with Gasteiger partial charge in [0, 0.05) is 25.7 Å². The first-order valence-electron chi connectivity index (χ1n) is 5.38. The smallest absolute Gasteiger partial charge is 0.232 e. The number of nitrogens with one attached hydrogen (secondary N) is 1. The zero-order chi connectivity index (χ0) is 11.3. The van der Waals surface area contributed by atoms with Crippen molar-refractivity contribution in [1.29, 1.82) is 0 Å². The maximum atomic E-state index is 11.4. The molecule has 1 N–H and O–H groups in total. The minimum atomic E-state index is -0.239. The van der Waals surface area contributed by atoms with Crippen molar-refractivity contribution in [3.05, 3.63) is 0 Å². The lowest BCUT2D eigenvalue weighted by molar-refractivity contribution is -0.121. The van der Waals surface area contributed by atoms with Crippen molar-refractivity contribution in [2.75, 3.05) is 32.8 Å². The number of carbonyl (C=O) groups excluding carboxylic acids is 1. The fourth-order valence-electron chi connectivity index (χ4n) is 1.58. The molecule has 0 radical (unpaired) electrons. The van der Waals surface area contributed by atoms with Crippen LogP contribution in [-0.4, -0.2) is 54.9 Å². The number of morpholine rings is 1. The molecule has 88 valence electrons. The first-order valence-corrected chi connectivity index (χ1v) is 5.90. The van der Waals surface area contributed by atoms with Crippen molar-refractivity contribution in [2.24, 2.45) is 0 Å². The van der Waals surface area contributed by atoms with E-state index in [1.165, 1.54) is 0 Å². The maximum absolute atomic E-state index is 11.4. The van der Waals surface area contributed by atoms with E-state index in [0.717, 1.165) is 32.8 Å². The summed E-state index contributed by atoms with van der Waals surface area (Å²) in [6, 6.07) is 0.171. The Balaban J connectivity index is 2.22. The summed E-state index contributed by atoms with van der Waals surface area (Å²) in [6.45, 7) is 8.18. The van der Waals surface area contributed by atoms with Crippen LogP contribution in [0.3, 0.4) is 0 Å². The van der Waals surface area contributed by atoms with Gasteiger partial charge in [0.1, 0.15) is 0 Å². The van der Waals surface area contributed by atoms with E-state index in [-0.39, 0.29) is 17.2 Å². The Bertz CT molecular complexity index is 206. The van der Waals surface area contributed by atoms with E-state index in [0.29, 0.717) is 0 Å². The molecule has 1 aliphatic rings. The highest BCUT2D eigenvalue weighted by molar-refractivity contribution is 7.81. The Kier molecular flexibility index (Phi) is 5.42. The normalized spacial score (nSPS) is 22.1. The lowest BCUT2D eigenvalue weighted by atomic mass is 10.2. The van der Waals surface area contributed by atoms with Crippen LogP contribution < -0.4 is 5.32 Å². The van der Waals surface area contributed by atoms with Crippen molar-refractivity contribution < 1.29 is 9.53 Å². The van der Waals surface area contributed by atoms with E-state index in [9.17, 15) is 4.79 Å². The van der Waals surface area contributed by atoms with Gasteiger partial charge in [0.25, 0.3) is 0 Å². The molecule has 0 aromatic carbocycles. The van der Waals surface area contributed by atoms with Crippen molar-refractivity contribution in [2.45, 2.75) is 25.1 Å². The van der Waals surface area contributed by atoms with Crippen LogP contribution in [0.5, 0.6) is 0 Å². The third-order valence-electron chi connectivity index (χ3n) is 2.40. The summed E-state index contributed by atoms with van der Waals surface area (Å²) in [6.07, 6.45) is 0. The van der Waals surface area contributed by atoms with Gasteiger partial charge in [-0.2, -0.15) is 12.6 Å². The number of hydrogen-bond donors (Lipinski definition) is 2. The van der Waals surface area contributed by atoms with Crippen LogP contribution in [-0.2, 0) is 9.53 Å². The third kappa shape index (κ3) is 4.86. The van der Waals surface area contributed by atoms with Gasteiger partial charge in [-0.3, -0.25) is 9.69 Å². The molecule has 1 fully saturated rings. The molecule has 0 aromatic heterocycles. The van der Waals surface area contributed by atoms with Gasteiger partial charge in [-0.05, 0) is 13.8 Å². The van der Waals surface area contributed by atoms with E-state index in [4.69, 9.17) is 4.74 Å². The van der Waals surface area contributed by atoms with Crippen molar-refractivity contribution in [3.63, 3.8) is 0 Å². The van der Waals surface area contributed by atoms with Gasteiger partial charge in [0.2, 0.25) is 5.91 Å². The van der Waals surface area contributed by atoms with Crippen LogP contribution in [0.1, 0.15) is 13.8 Å². The van der Waals surface area contributed by atoms with E-state index >= 15 is 0 Å². The summed E-state index contributed by atoms with van der Waals surface area (Å²) in [5.41, 5.74) is 0. The molecule has 5 heteroatoms. The van der Waals surface area contributed by atoms with E-state index in [2.05, 4.69) is 22.8 Å². The molecule has 0 spiro atoms. The van der Waals surface area contributed by atoms with Crippen LogP contribution in [0.15, 0.2) is 0 Å². The molecule has 0 saturated carbocycles. The average molecular weight is 232 g/mol. The highest BCUT2D eigenvalue weighted by Gasteiger charge is 2.16. The summed E-state index contributed by atoms with van der Waals surface area (Å²) < 4.78 is 5.26. The number of nitrogens with zero attached hydrogens (tertiary/aromatic N) is 1. The summed E-state index contributed by atoms with van der Waals surface area (Å²) in [7, 11) is 0. The van der Waals surface area contributed by atoms with Gasteiger partial charge in [-0.25, -0.2) is 0 Å². The van der Waals surface area contributed by atoms with Gasteiger partial charge in [-0.1, -0.05) is 0 Å².